The molecule has 0 aromatic carbocycles. The maximum Gasteiger partial charge on any atom is 0.306 e. The number of nitrogens with two attached hydrogens (primary N) is 1. The van der Waals surface area contributed by atoms with Crippen molar-refractivity contribution < 1.29 is 14.3 Å². The molecule has 0 aliphatic rings. The van der Waals surface area contributed by atoms with E-state index in [0.29, 0.717) is 28.8 Å². The van der Waals surface area contributed by atoms with Gasteiger partial charge in [-0.05, 0) is 6.07 Å². The highest BCUT2D eigenvalue weighted by atomic mass is 32.2. The molecule has 5 nitrogen and oxygen atoms in total. The summed E-state index contributed by atoms with van der Waals surface area (Å²) in [7, 11) is 2.91. The zero-order valence-electron chi connectivity index (χ0n) is 9.23. The number of anilines is 1. The summed E-state index contributed by atoms with van der Waals surface area (Å²) >= 11 is 1.40. The van der Waals surface area contributed by atoms with Crippen molar-refractivity contribution in [2.75, 3.05) is 25.7 Å². The number of nitrogen functional groups attached to an aromatic ring is 1. The third-order valence-electron chi connectivity index (χ3n) is 1.85. The Morgan fingerprint density at radius 2 is 2.25 bits per heavy atom. The van der Waals surface area contributed by atoms with Gasteiger partial charge in [-0.2, -0.15) is 0 Å². The summed E-state index contributed by atoms with van der Waals surface area (Å²) in [4.78, 5) is 15.1. The number of rotatable bonds is 5. The standard InChI is InChI=1S/C10H14N2O3S/c1-14-8-4-3-7(11)10(12-8)16-6-5-9(13)15-2/h3-4H,5-6,11H2,1-2H3. The molecule has 0 saturated carbocycles. The lowest BCUT2D eigenvalue weighted by Gasteiger charge is -2.05. The quantitative estimate of drug-likeness (QED) is 0.620. The van der Waals surface area contributed by atoms with Crippen LogP contribution in [0.1, 0.15) is 6.42 Å². The summed E-state index contributed by atoms with van der Waals surface area (Å²) in [6.45, 7) is 0. The largest absolute Gasteiger partial charge is 0.481 e. The summed E-state index contributed by atoms with van der Waals surface area (Å²) in [5.41, 5.74) is 6.32. The third-order valence-corrected chi connectivity index (χ3v) is 2.85. The van der Waals surface area contributed by atoms with Crippen LogP contribution in [0.15, 0.2) is 17.2 Å². The van der Waals surface area contributed by atoms with E-state index < -0.39 is 0 Å². The number of ether oxygens (including phenoxy) is 2. The summed E-state index contributed by atoms with van der Waals surface area (Å²) in [6.07, 6.45) is 0.333. The van der Waals surface area contributed by atoms with Crippen LogP contribution in [0, 0.1) is 0 Å². The van der Waals surface area contributed by atoms with Gasteiger partial charge in [0.1, 0.15) is 5.03 Å². The van der Waals surface area contributed by atoms with Crippen molar-refractivity contribution in [3.63, 3.8) is 0 Å². The van der Waals surface area contributed by atoms with E-state index in [4.69, 9.17) is 10.5 Å². The Kier molecular flexibility index (Phi) is 4.91. The first-order chi connectivity index (χ1) is 7.67. The molecule has 0 aliphatic heterocycles. The van der Waals surface area contributed by atoms with Crippen LogP contribution in [0.3, 0.4) is 0 Å². The molecule has 1 aromatic heterocycles. The first kappa shape index (κ1) is 12.6. The normalized spacial score (nSPS) is 9.88. The SMILES string of the molecule is COC(=O)CCSc1nc(OC)ccc1N. The van der Waals surface area contributed by atoms with Gasteiger partial charge in [-0.1, -0.05) is 0 Å². The first-order valence-electron chi connectivity index (χ1n) is 4.67. The zero-order valence-corrected chi connectivity index (χ0v) is 10.0. The van der Waals surface area contributed by atoms with Crippen molar-refractivity contribution in [1.82, 2.24) is 4.98 Å². The molecule has 88 valence electrons. The van der Waals surface area contributed by atoms with Gasteiger partial charge >= 0.3 is 5.97 Å². The van der Waals surface area contributed by atoms with E-state index in [0.717, 1.165) is 0 Å². The second kappa shape index (κ2) is 6.22. The highest BCUT2D eigenvalue weighted by Gasteiger charge is 2.06. The van der Waals surface area contributed by atoms with Gasteiger partial charge in [-0.15, -0.1) is 11.8 Å². The second-order valence-electron chi connectivity index (χ2n) is 2.92. The number of carbonyl (C=O) groups is 1. The summed E-state index contributed by atoms with van der Waals surface area (Å²) in [5.74, 6) is 0.848. The van der Waals surface area contributed by atoms with Crippen molar-refractivity contribution in [2.24, 2.45) is 0 Å². The number of aromatic nitrogens is 1. The third kappa shape index (κ3) is 3.62. The molecule has 0 spiro atoms. The molecule has 1 rings (SSSR count). The summed E-state index contributed by atoms with van der Waals surface area (Å²) in [6, 6.07) is 3.42. The van der Waals surface area contributed by atoms with Crippen LogP contribution in [0.2, 0.25) is 0 Å². The van der Waals surface area contributed by atoms with E-state index >= 15 is 0 Å². The van der Waals surface area contributed by atoms with E-state index in [1.54, 1.807) is 19.2 Å². The van der Waals surface area contributed by atoms with Crippen LogP contribution in [-0.4, -0.2) is 30.9 Å². The molecule has 16 heavy (non-hydrogen) atoms. The first-order valence-corrected chi connectivity index (χ1v) is 5.66. The molecule has 0 bridgehead atoms. The Balaban J connectivity index is 2.55. The Morgan fingerprint density at radius 1 is 1.50 bits per heavy atom. The fraction of sp³-hybridized carbons (Fsp3) is 0.400. The molecular weight excluding hydrogens is 228 g/mol. The zero-order chi connectivity index (χ0) is 12.0. The minimum atomic E-state index is -0.242. The summed E-state index contributed by atoms with van der Waals surface area (Å²) < 4.78 is 9.52. The van der Waals surface area contributed by atoms with Crippen molar-refractivity contribution in [1.29, 1.82) is 0 Å². The Hall–Kier alpha value is -1.43. The Bertz CT molecular complexity index is 371. The highest BCUT2D eigenvalue weighted by Crippen LogP contribution is 2.25. The lowest BCUT2D eigenvalue weighted by atomic mass is 10.4. The van der Waals surface area contributed by atoms with Gasteiger partial charge < -0.3 is 15.2 Å². The average Bonchev–Trinajstić information content (AvgIpc) is 2.31. The van der Waals surface area contributed by atoms with Crippen LogP contribution in [0.25, 0.3) is 0 Å². The van der Waals surface area contributed by atoms with Crippen LogP contribution < -0.4 is 10.5 Å². The minimum Gasteiger partial charge on any atom is -0.481 e. The molecule has 0 atom stereocenters. The molecule has 0 fully saturated rings. The predicted octanol–water partition coefficient (Wildman–Crippen LogP) is 1.33. The lowest BCUT2D eigenvalue weighted by molar-refractivity contribution is -0.140. The van der Waals surface area contributed by atoms with Crippen molar-refractivity contribution in [2.45, 2.75) is 11.4 Å². The molecule has 2 N–H and O–H groups in total. The van der Waals surface area contributed by atoms with E-state index in [9.17, 15) is 4.79 Å². The number of nitrogens with zero attached hydrogens (tertiary/aromatic N) is 1. The molecule has 0 aliphatic carbocycles. The minimum absolute atomic E-state index is 0.242. The van der Waals surface area contributed by atoms with Gasteiger partial charge in [0.05, 0.1) is 26.3 Å². The highest BCUT2D eigenvalue weighted by molar-refractivity contribution is 7.99. The Labute approximate surface area is 98.3 Å². The monoisotopic (exact) mass is 242 g/mol. The van der Waals surface area contributed by atoms with Gasteiger partial charge in [0.15, 0.2) is 0 Å². The molecule has 0 saturated heterocycles. The molecule has 0 amide bonds. The average molecular weight is 242 g/mol. The van der Waals surface area contributed by atoms with Gasteiger partial charge in [-0.25, -0.2) is 4.98 Å². The Morgan fingerprint density at radius 3 is 2.88 bits per heavy atom. The van der Waals surface area contributed by atoms with Crippen LogP contribution in [0.5, 0.6) is 5.88 Å². The second-order valence-corrected chi connectivity index (χ2v) is 4.01. The van der Waals surface area contributed by atoms with Crippen molar-refractivity contribution in [3.05, 3.63) is 12.1 Å². The molecule has 1 heterocycles. The molecule has 6 heteroatoms. The molecule has 1 aromatic rings. The van der Waals surface area contributed by atoms with Crippen molar-refractivity contribution >= 4 is 23.4 Å². The van der Waals surface area contributed by atoms with Crippen molar-refractivity contribution in [3.8, 4) is 5.88 Å². The topological polar surface area (TPSA) is 74.4 Å². The maximum absolute atomic E-state index is 10.9. The smallest absolute Gasteiger partial charge is 0.306 e. The van der Waals surface area contributed by atoms with Crippen LogP contribution in [0.4, 0.5) is 5.69 Å². The molecule has 0 unspecified atom stereocenters. The van der Waals surface area contributed by atoms with Gasteiger partial charge in [0, 0.05) is 11.8 Å². The number of methoxy groups -OCH3 is 2. The van der Waals surface area contributed by atoms with Crippen LogP contribution >= 0.6 is 11.8 Å². The fourth-order valence-electron chi connectivity index (χ4n) is 0.997. The number of hydrogen-bond donors (Lipinski definition) is 1. The van der Waals surface area contributed by atoms with Gasteiger partial charge in [0.2, 0.25) is 5.88 Å². The van der Waals surface area contributed by atoms with Gasteiger partial charge in [-0.3, -0.25) is 4.79 Å². The molecule has 0 radical (unpaired) electrons. The van der Waals surface area contributed by atoms with E-state index in [-0.39, 0.29) is 5.97 Å². The number of pyridine rings is 1. The number of hydrogen-bond acceptors (Lipinski definition) is 6. The number of esters is 1. The lowest BCUT2D eigenvalue weighted by Crippen LogP contribution is -2.02. The van der Waals surface area contributed by atoms with E-state index in [1.165, 1.54) is 18.9 Å². The fourth-order valence-corrected chi connectivity index (χ4v) is 1.85. The predicted molar refractivity (Wildman–Crippen MR) is 62.6 cm³/mol. The van der Waals surface area contributed by atoms with Gasteiger partial charge in [0.25, 0.3) is 0 Å². The summed E-state index contributed by atoms with van der Waals surface area (Å²) in [5, 5.41) is 0.670. The van der Waals surface area contributed by atoms with E-state index in [1.807, 2.05) is 0 Å². The number of carbonyl (C=O) groups excluding carboxylic acids is 1. The van der Waals surface area contributed by atoms with E-state index in [2.05, 4.69) is 9.72 Å². The number of thioether (sulfide) groups is 1. The van der Waals surface area contributed by atoms with Crippen LogP contribution in [-0.2, 0) is 9.53 Å². The molecular formula is C10H14N2O3S. The maximum atomic E-state index is 10.9.